The van der Waals surface area contributed by atoms with Crippen molar-refractivity contribution < 1.29 is 33.4 Å². The zero-order valence-electron chi connectivity index (χ0n) is 37.4. The van der Waals surface area contributed by atoms with Gasteiger partial charge in [0.1, 0.15) is 36.1 Å². The lowest BCUT2D eigenvalue weighted by atomic mass is 9.87. The Morgan fingerprint density at radius 3 is 2.54 bits per heavy atom. The van der Waals surface area contributed by atoms with Crippen LogP contribution in [0, 0.1) is 11.7 Å². The third-order valence-corrected chi connectivity index (χ3v) is 14.0. The molecule has 16 heteroatoms. The molecule has 346 valence electrons. The first-order valence-electron chi connectivity index (χ1n) is 23.3. The quantitative estimate of drug-likeness (QED) is 0.174. The first kappa shape index (κ1) is 44.1. The lowest BCUT2D eigenvalue weighted by Gasteiger charge is -2.40. The van der Waals surface area contributed by atoms with Gasteiger partial charge in [-0.15, -0.1) is 0 Å². The number of piperidine rings is 3. The van der Waals surface area contributed by atoms with Crippen molar-refractivity contribution in [2.75, 3.05) is 76.2 Å². The molecule has 0 radical (unpaired) electrons. The minimum atomic E-state index is -0.416. The number of phenolic OH excluding ortho intramolecular Hbond substituents is 1. The second-order valence-electron chi connectivity index (χ2n) is 18.5. The second kappa shape index (κ2) is 19.1. The van der Waals surface area contributed by atoms with Crippen molar-refractivity contribution in [2.24, 2.45) is 11.7 Å². The largest absolute Gasteiger partial charge is 0.507 e. The van der Waals surface area contributed by atoms with Crippen molar-refractivity contribution in [3.63, 3.8) is 0 Å². The Balaban J connectivity index is 0.762. The predicted molar refractivity (Wildman–Crippen MR) is 246 cm³/mol. The first-order chi connectivity index (χ1) is 31.5. The number of hydrazine groups is 1. The number of hydrogen-bond acceptors (Lipinski definition) is 13. The molecule has 3 atom stereocenters. The van der Waals surface area contributed by atoms with Gasteiger partial charge in [-0.05, 0) is 99.0 Å². The molecule has 0 unspecified atom stereocenters. The number of amides is 3. The van der Waals surface area contributed by atoms with E-state index in [1.807, 2.05) is 42.3 Å². The second-order valence-corrected chi connectivity index (χ2v) is 18.5. The van der Waals surface area contributed by atoms with Crippen LogP contribution >= 0.6 is 0 Å². The van der Waals surface area contributed by atoms with Crippen molar-refractivity contribution >= 4 is 34.8 Å². The van der Waals surface area contributed by atoms with Crippen molar-refractivity contribution in [3.05, 3.63) is 95.2 Å². The number of fused-ring (bicyclic) bond motifs is 1. The van der Waals surface area contributed by atoms with E-state index < -0.39 is 11.9 Å². The molecule has 4 fully saturated rings. The Hall–Kier alpha value is -6.16. The monoisotopic (exact) mass is 891 g/mol. The maximum Gasteiger partial charge on any atom is 0.249 e. The molecule has 3 aromatic carbocycles. The number of para-hydroxylation sites is 2. The van der Waals surface area contributed by atoms with Gasteiger partial charge in [0.15, 0.2) is 11.6 Å². The molecule has 6 aliphatic heterocycles. The molecule has 6 N–H and O–H groups in total. The van der Waals surface area contributed by atoms with Gasteiger partial charge in [0.05, 0.1) is 30.2 Å². The summed E-state index contributed by atoms with van der Waals surface area (Å²) >= 11 is 0. The van der Waals surface area contributed by atoms with E-state index in [1.165, 1.54) is 6.07 Å². The average Bonchev–Trinajstić information content (AvgIpc) is 3.49. The van der Waals surface area contributed by atoms with E-state index in [-0.39, 0.29) is 47.3 Å². The fourth-order valence-corrected chi connectivity index (χ4v) is 10.4. The normalized spacial score (nSPS) is 23.8. The molecule has 3 amide bonds. The minimum absolute atomic E-state index is 0.0521. The number of phenols is 1. The maximum absolute atomic E-state index is 15.3. The Kier molecular flexibility index (Phi) is 13.0. The highest BCUT2D eigenvalue weighted by molar-refractivity contribution is 6.02. The number of nitrogens with one attached hydrogen (secondary N) is 3. The van der Waals surface area contributed by atoms with Gasteiger partial charge in [0.25, 0.3) is 0 Å². The summed E-state index contributed by atoms with van der Waals surface area (Å²) in [6, 6.07) is 18.0. The number of hydrogen-bond donors (Lipinski definition) is 5. The number of nitrogens with zero attached hydrogens (tertiary/aromatic N) is 5. The molecule has 4 saturated heterocycles. The molecule has 15 nitrogen and oxygen atoms in total. The Morgan fingerprint density at radius 2 is 1.75 bits per heavy atom. The fraction of sp³-hybridized carbons (Fsp3) is 0.490. The molecule has 9 rings (SSSR count). The highest BCUT2D eigenvalue weighted by atomic mass is 19.1. The van der Waals surface area contributed by atoms with Crippen LogP contribution in [0.25, 0.3) is 5.70 Å². The van der Waals surface area contributed by atoms with Crippen LogP contribution in [0.3, 0.4) is 0 Å². The Morgan fingerprint density at radius 1 is 0.954 bits per heavy atom. The van der Waals surface area contributed by atoms with Crippen molar-refractivity contribution in [2.45, 2.75) is 82.4 Å². The van der Waals surface area contributed by atoms with E-state index in [4.69, 9.17) is 15.2 Å². The molecular weight excluding hydrogens is 830 g/mol. The molecule has 65 heavy (non-hydrogen) atoms. The number of benzene rings is 3. The van der Waals surface area contributed by atoms with Gasteiger partial charge in [-0.2, -0.15) is 0 Å². The predicted octanol–water partition coefficient (Wildman–Crippen LogP) is 4.92. The lowest BCUT2D eigenvalue weighted by Crippen LogP contribution is -2.54. The van der Waals surface area contributed by atoms with Crippen LogP contribution < -0.4 is 36.2 Å². The van der Waals surface area contributed by atoms with E-state index in [0.29, 0.717) is 82.3 Å². The van der Waals surface area contributed by atoms with Crippen LogP contribution in [0.4, 0.5) is 15.8 Å². The van der Waals surface area contributed by atoms with Crippen molar-refractivity contribution in [3.8, 4) is 17.2 Å². The number of halogens is 1. The van der Waals surface area contributed by atoms with E-state index >= 15 is 4.39 Å². The van der Waals surface area contributed by atoms with Crippen LogP contribution in [0.15, 0.2) is 78.3 Å². The van der Waals surface area contributed by atoms with Gasteiger partial charge in [-0.25, -0.2) is 4.39 Å². The summed E-state index contributed by atoms with van der Waals surface area (Å²) in [7, 11) is 1.86. The third-order valence-electron chi connectivity index (χ3n) is 14.0. The molecule has 0 bridgehead atoms. The molecular formula is C49H62FN9O6. The molecule has 0 saturated carbocycles. The highest BCUT2D eigenvalue weighted by Crippen LogP contribution is 2.43. The van der Waals surface area contributed by atoms with Crippen LogP contribution in [0.5, 0.6) is 17.2 Å². The summed E-state index contributed by atoms with van der Waals surface area (Å²) < 4.78 is 27.8. The standard InChI is InChI=1S/C49H62FN9O6/c1-31-10-11-34(29-58(28-31)42-27-39(54-55(2)48(42)51)37-6-3-4-9-43(37)60)52-33-12-13-38(50)44(26-33)65-35-18-22-57(23-19-35)46(62)30-56-20-16-32(17-21-56)36-7-5-8-40-47(36)64-25-24-59(40)41-14-15-45(61)53-49(41)63/h3-9,12-13,26-27,31-32,34-35,41,52,54,60H,10-11,14-25,28-30,51H2,1-2H3,(H,53,61,63)/t31-,34+,41-/m0/s1. The molecule has 3 aromatic rings. The first-order valence-corrected chi connectivity index (χ1v) is 23.3. The number of imide groups is 1. The molecule has 0 aromatic heterocycles. The maximum atomic E-state index is 15.3. The fourth-order valence-electron chi connectivity index (χ4n) is 10.4. The number of rotatable bonds is 10. The number of anilines is 2. The van der Waals surface area contributed by atoms with E-state index in [2.05, 4.69) is 43.7 Å². The van der Waals surface area contributed by atoms with Gasteiger partial charge in [0, 0.05) is 75.8 Å². The van der Waals surface area contributed by atoms with Crippen LogP contribution in [-0.4, -0.2) is 127 Å². The van der Waals surface area contributed by atoms with Crippen molar-refractivity contribution in [1.82, 2.24) is 30.5 Å². The number of aromatic hydroxyl groups is 1. The van der Waals surface area contributed by atoms with Crippen molar-refractivity contribution in [1.29, 1.82) is 0 Å². The summed E-state index contributed by atoms with van der Waals surface area (Å²) in [6.07, 6.45) is 7.55. The van der Waals surface area contributed by atoms with Crippen LogP contribution in [0.1, 0.15) is 75.3 Å². The SMILES string of the molecule is C[C@H]1CC[C@@H](Nc2ccc(F)c(OC3CCN(C(=O)CN4CCC(c5cccc6c5OCCN6[C@H]5CCC(=O)NC5=O)CC4)CC3)c2)CN(C2=C(N)N(C)NC(c3ccccc3O)=C2)C1. The van der Waals surface area contributed by atoms with Crippen LogP contribution in [-0.2, 0) is 14.4 Å². The average molecular weight is 892 g/mol. The topological polar surface area (TPSA) is 168 Å². The third kappa shape index (κ3) is 9.77. The van der Waals surface area contributed by atoms with Crippen LogP contribution in [0.2, 0.25) is 0 Å². The number of carbonyl (C=O) groups excluding carboxylic acids is 3. The van der Waals surface area contributed by atoms with Gasteiger partial charge in [-0.1, -0.05) is 31.2 Å². The van der Waals surface area contributed by atoms with Gasteiger partial charge < -0.3 is 40.3 Å². The smallest absolute Gasteiger partial charge is 0.249 e. The summed E-state index contributed by atoms with van der Waals surface area (Å²) in [5.41, 5.74) is 15.1. The number of allylic oxidation sites excluding steroid dienone is 1. The highest BCUT2D eigenvalue weighted by Gasteiger charge is 2.37. The number of carbonyl (C=O) groups is 3. The zero-order valence-corrected chi connectivity index (χ0v) is 37.4. The Bertz CT molecular complexity index is 2330. The lowest BCUT2D eigenvalue weighted by molar-refractivity contribution is -0.135. The zero-order chi connectivity index (χ0) is 45.2. The number of likely N-dealkylation sites (tertiary alicyclic amines) is 3. The molecule has 6 aliphatic rings. The van der Waals surface area contributed by atoms with Gasteiger partial charge in [0.2, 0.25) is 17.7 Å². The molecule has 0 spiro atoms. The summed E-state index contributed by atoms with van der Waals surface area (Å²) in [4.78, 5) is 46.6. The summed E-state index contributed by atoms with van der Waals surface area (Å²) in [6.45, 7) is 7.83. The van der Waals surface area contributed by atoms with Gasteiger partial charge >= 0.3 is 0 Å². The molecule has 6 heterocycles. The number of ether oxygens (including phenoxy) is 2. The van der Waals surface area contributed by atoms with Gasteiger partial charge in [-0.3, -0.25) is 35.0 Å². The summed E-state index contributed by atoms with van der Waals surface area (Å²) in [5, 5.41) is 18.5. The number of nitrogens with two attached hydrogens (primary N) is 1. The van der Waals surface area contributed by atoms with E-state index in [0.717, 1.165) is 79.4 Å². The molecule has 0 aliphatic carbocycles. The summed E-state index contributed by atoms with van der Waals surface area (Å²) in [5.74, 6) is 1.70. The van der Waals surface area contributed by atoms with E-state index in [1.54, 1.807) is 29.3 Å². The van der Waals surface area contributed by atoms with E-state index in [9.17, 15) is 19.5 Å². The minimum Gasteiger partial charge on any atom is -0.507 e. The Labute approximate surface area is 380 Å².